The largest absolute Gasteiger partial charge is 0.350 e. The number of aryl methyl sites for hydroxylation is 1. The average molecular weight is 366 g/mol. The van der Waals surface area contributed by atoms with Crippen molar-refractivity contribution in [3.8, 4) is 0 Å². The second-order valence-electron chi connectivity index (χ2n) is 7.48. The third-order valence-corrected chi connectivity index (χ3v) is 6.67. The Morgan fingerprint density at radius 1 is 1.15 bits per heavy atom. The maximum atomic E-state index is 13.0. The molecule has 0 aliphatic carbocycles. The molecule has 4 rings (SSSR count). The van der Waals surface area contributed by atoms with Gasteiger partial charge in [0.05, 0.1) is 0 Å². The molecule has 2 aliphatic rings. The molecule has 0 radical (unpaired) electrons. The zero-order chi connectivity index (χ0) is 18.5. The summed E-state index contributed by atoms with van der Waals surface area (Å²) in [6, 6.07) is 15.3. The van der Waals surface area contributed by atoms with Crippen LogP contribution in [0.4, 0.5) is 0 Å². The van der Waals surface area contributed by atoms with Gasteiger partial charge in [-0.2, -0.15) is 0 Å². The topological polar surface area (TPSA) is 49.4 Å². The fourth-order valence-electron chi connectivity index (χ4n) is 3.80. The lowest BCUT2D eigenvalue weighted by atomic mass is 10.0. The molecule has 5 heteroatoms. The molecule has 1 saturated heterocycles. The van der Waals surface area contributed by atoms with Crippen LogP contribution in [0.1, 0.15) is 46.3 Å². The van der Waals surface area contributed by atoms with Crippen LogP contribution in [-0.4, -0.2) is 27.5 Å². The van der Waals surface area contributed by atoms with Gasteiger partial charge in [-0.3, -0.25) is 9.59 Å². The number of thioether (sulfide) groups is 1. The summed E-state index contributed by atoms with van der Waals surface area (Å²) in [5.74, 6) is -0.133. The number of benzene rings is 2. The standard InChI is InChI=1S/C21H22N2O2S/c1-13-8-10-14(11-9-13)12-22-18(24)17-21(2,3)26-20-16-7-5-4-6-15(16)19(25)23(17)20/h4-11,17,20H,12H2,1-3H3,(H,22,24)/t17-,20?/m1/s1. The molecule has 2 aromatic rings. The minimum absolute atomic E-state index is 0.0424. The Labute approximate surface area is 158 Å². The zero-order valence-electron chi connectivity index (χ0n) is 15.2. The minimum Gasteiger partial charge on any atom is -0.350 e. The van der Waals surface area contributed by atoms with Crippen molar-refractivity contribution in [2.24, 2.45) is 0 Å². The molecule has 2 atom stereocenters. The lowest BCUT2D eigenvalue weighted by Crippen LogP contribution is -2.52. The predicted octanol–water partition coefficient (Wildman–Crippen LogP) is 3.66. The second kappa shape index (κ2) is 6.16. The fourth-order valence-corrected chi connectivity index (χ4v) is 5.38. The summed E-state index contributed by atoms with van der Waals surface area (Å²) < 4.78 is -0.342. The van der Waals surface area contributed by atoms with Gasteiger partial charge < -0.3 is 10.2 Å². The first-order valence-electron chi connectivity index (χ1n) is 8.81. The van der Waals surface area contributed by atoms with Gasteiger partial charge in [0.2, 0.25) is 5.91 Å². The molecule has 2 aromatic carbocycles. The van der Waals surface area contributed by atoms with E-state index in [1.165, 1.54) is 5.56 Å². The summed E-state index contributed by atoms with van der Waals surface area (Å²) in [5.41, 5.74) is 3.98. The number of hydrogen-bond acceptors (Lipinski definition) is 3. The van der Waals surface area contributed by atoms with Crippen LogP contribution >= 0.6 is 11.8 Å². The number of hydrogen-bond donors (Lipinski definition) is 1. The molecule has 1 fully saturated rings. The first-order chi connectivity index (χ1) is 12.4. The summed E-state index contributed by atoms with van der Waals surface area (Å²) in [6.07, 6.45) is 0. The van der Waals surface area contributed by atoms with Crippen LogP contribution in [-0.2, 0) is 11.3 Å². The first-order valence-corrected chi connectivity index (χ1v) is 9.69. The Kier molecular flexibility index (Phi) is 4.07. The predicted molar refractivity (Wildman–Crippen MR) is 104 cm³/mol. The lowest BCUT2D eigenvalue weighted by Gasteiger charge is -2.29. The van der Waals surface area contributed by atoms with Crippen molar-refractivity contribution < 1.29 is 9.59 Å². The van der Waals surface area contributed by atoms with Gasteiger partial charge in [0.15, 0.2) is 0 Å². The summed E-state index contributed by atoms with van der Waals surface area (Å²) >= 11 is 1.69. The van der Waals surface area contributed by atoms with E-state index in [9.17, 15) is 9.59 Å². The van der Waals surface area contributed by atoms with E-state index in [0.717, 1.165) is 16.7 Å². The molecule has 0 spiro atoms. The first kappa shape index (κ1) is 17.2. The Bertz CT molecular complexity index is 876. The summed E-state index contributed by atoms with van der Waals surface area (Å²) in [5, 5.41) is 2.95. The van der Waals surface area contributed by atoms with Crippen molar-refractivity contribution in [3.05, 3.63) is 70.8 Å². The minimum atomic E-state index is -0.483. The van der Waals surface area contributed by atoms with Gasteiger partial charge in [0, 0.05) is 16.9 Å². The Morgan fingerprint density at radius 3 is 2.58 bits per heavy atom. The monoisotopic (exact) mass is 366 g/mol. The summed E-state index contributed by atoms with van der Waals surface area (Å²) in [4.78, 5) is 27.7. The van der Waals surface area contributed by atoms with Crippen LogP contribution in [0.25, 0.3) is 0 Å². The summed E-state index contributed by atoms with van der Waals surface area (Å²) in [7, 11) is 0. The van der Waals surface area contributed by atoms with Crippen molar-refractivity contribution in [2.75, 3.05) is 0 Å². The van der Waals surface area contributed by atoms with E-state index in [0.29, 0.717) is 6.54 Å². The van der Waals surface area contributed by atoms with Crippen LogP contribution in [0, 0.1) is 6.92 Å². The van der Waals surface area contributed by atoms with Gasteiger partial charge in [0.25, 0.3) is 5.91 Å². The van der Waals surface area contributed by atoms with E-state index >= 15 is 0 Å². The van der Waals surface area contributed by atoms with E-state index in [4.69, 9.17) is 0 Å². The van der Waals surface area contributed by atoms with E-state index in [2.05, 4.69) is 5.32 Å². The third-order valence-electron chi connectivity index (χ3n) is 5.13. The molecular formula is C21H22N2O2S. The maximum absolute atomic E-state index is 13.0. The SMILES string of the molecule is Cc1ccc(CNC(=O)[C@H]2N3C(=O)c4ccccc4C3SC2(C)C)cc1. The molecule has 1 unspecified atom stereocenters. The highest BCUT2D eigenvalue weighted by atomic mass is 32.2. The number of nitrogens with one attached hydrogen (secondary N) is 1. The highest BCUT2D eigenvalue weighted by molar-refractivity contribution is 8.01. The van der Waals surface area contributed by atoms with E-state index < -0.39 is 6.04 Å². The van der Waals surface area contributed by atoms with Crippen molar-refractivity contribution in [1.82, 2.24) is 10.2 Å². The number of fused-ring (bicyclic) bond motifs is 3. The van der Waals surface area contributed by atoms with Crippen LogP contribution in [0.5, 0.6) is 0 Å². The molecule has 1 N–H and O–H groups in total. The fraction of sp³-hybridized carbons (Fsp3) is 0.333. The van der Waals surface area contributed by atoms with Crippen molar-refractivity contribution >= 4 is 23.6 Å². The van der Waals surface area contributed by atoms with Crippen LogP contribution in [0.3, 0.4) is 0 Å². The number of carbonyl (C=O) groups excluding carboxylic acids is 2. The van der Waals surface area contributed by atoms with Crippen molar-refractivity contribution in [3.63, 3.8) is 0 Å². The van der Waals surface area contributed by atoms with E-state index in [-0.39, 0.29) is 21.9 Å². The Balaban J connectivity index is 1.56. The molecule has 2 aliphatic heterocycles. The maximum Gasteiger partial charge on any atom is 0.256 e. The van der Waals surface area contributed by atoms with Crippen LogP contribution < -0.4 is 5.32 Å². The molecule has 4 nitrogen and oxygen atoms in total. The number of rotatable bonds is 3. The smallest absolute Gasteiger partial charge is 0.256 e. The Hall–Kier alpha value is -2.27. The normalized spacial score (nSPS) is 22.9. The molecule has 0 aromatic heterocycles. The third kappa shape index (κ3) is 2.71. The number of amides is 2. The molecular weight excluding hydrogens is 344 g/mol. The van der Waals surface area contributed by atoms with Crippen molar-refractivity contribution in [2.45, 2.75) is 43.5 Å². The highest BCUT2D eigenvalue weighted by Crippen LogP contribution is 2.56. The van der Waals surface area contributed by atoms with Gasteiger partial charge >= 0.3 is 0 Å². The molecule has 134 valence electrons. The number of nitrogens with zero attached hydrogens (tertiary/aromatic N) is 1. The van der Waals surface area contributed by atoms with E-state index in [1.807, 2.05) is 69.3 Å². The van der Waals surface area contributed by atoms with Crippen LogP contribution in [0.2, 0.25) is 0 Å². The highest BCUT2D eigenvalue weighted by Gasteiger charge is 2.57. The van der Waals surface area contributed by atoms with Crippen LogP contribution in [0.15, 0.2) is 48.5 Å². The second-order valence-corrected chi connectivity index (χ2v) is 9.21. The number of carbonyl (C=O) groups is 2. The molecule has 0 saturated carbocycles. The summed E-state index contributed by atoms with van der Waals surface area (Å²) in [6.45, 7) is 6.59. The van der Waals surface area contributed by atoms with Gasteiger partial charge in [-0.25, -0.2) is 0 Å². The van der Waals surface area contributed by atoms with Gasteiger partial charge in [-0.15, -0.1) is 11.8 Å². The zero-order valence-corrected chi connectivity index (χ0v) is 16.0. The van der Waals surface area contributed by atoms with Gasteiger partial charge in [-0.05, 0) is 38.0 Å². The van der Waals surface area contributed by atoms with Crippen molar-refractivity contribution in [1.29, 1.82) is 0 Å². The Morgan fingerprint density at radius 2 is 1.85 bits per heavy atom. The lowest BCUT2D eigenvalue weighted by molar-refractivity contribution is -0.126. The molecule has 2 heterocycles. The quantitative estimate of drug-likeness (QED) is 0.902. The molecule has 26 heavy (non-hydrogen) atoms. The van der Waals surface area contributed by atoms with Gasteiger partial charge in [-0.1, -0.05) is 48.0 Å². The van der Waals surface area contributed by atoms with Gasteiger partial charge in [0.1, 0.15) is 11.4 Å². The molecule has 0 bridgehead atoms. The van der Waals surface area contributed by atoms with E-state index in [1.54, 1.807) is 16.7 Å². The molecule has 2 amide bonds. The average Bonchev–Trinajstić information content (AvgIpc) is 3.04.